The normalized spacial score (nSPS) is 11.6. The Labute approximate surface area is 163 Å². The number of esters is 1. The van der Waals surface area contributed by atoms with E-state index in [1.54, 1.807) is 13.8 Å². The summed E-state index contributed by atoms with van der Waals surface area (Å²) in [5, 5.41) is 2.09. The van der Waals surface area contributed by atoms with Gasteiger partial charge in [0.05, 0.1) is 24.3 Å². The summed E-state index contributed by atoms with van der Waals surface area (Å²) in [6.45, 7) is 5.81. The summed E-state index contributed by atoms with van der Waals surface area (Å²) in [5.74, 6) is -1.39. The van der Waals surface area contributed by atoms with E-state index in [-0.39, 0.29) is 22.3 Å². The van der Waals surface area contributed by atoms with Crippen LogP contribution in [-0.2, 0) is 9.53 Å². The second kappa shape index (κ2) is 10.6. The zero-order valence-electron chi connectivity index (χ0n) is 15.8. The monoisotopic (exact) mass is 400 g/mol. The summed E-state index contributed by atoms with van der Waals surface area (Å²) in [6, 6.07) is 1.76. The van der Waals surface area contributed by atoms with Gasteiger partial charge >= 0.3 is 12.0 Å². The molecule has 0 aliphatic carbocycles. The van der Waals surface area contributed by atoms with E-state index in [1.807, 2.05) is 12.2 Å². The van der Waals surface area contributed by atoms with E-state index in [0.717, 1.165) is 12.8 Å². The van der Waals surface area contributed by atoms with E-state index >= 15 is 0 Å². The van der Waals surface area contributed by atoms with Gasteiger partial charge in [0, 0.05) is 0 Å². The summed E-state index contributed by atoms with van der Waals surface area (Å²) in [5.41, 5.74) is 5.02. The van der Waals surface area contributed by atoms with Crippen molar-refractivity contribution in [2.45, 2.75) is 39.7 Å². The molecule has 3 N–H and O–H groups in total. The van der Waals surface area contributed by atoms with Crippen LogP contribution in [0.1, 0.15) is 44.0 Å². The first-order valence-electron chi connectivity index (χ1n) is 8.52. The SMILES string of the molecule is CCCCOc1c(Cl)cc(C(=O)O[C@H](C(=O)NC(N)=O)C(C)C)cc1OC. The molecule has 1 atom stereocenters. The molecular formula is C18H25ClN2O6. The number of carbonyl (C=O) groups is 3. The quantitative estimate of drug-likeness (QED) is 0.486. The molecule has 150 valence electrons. The minimum Gasteiger partial charge on any atom is -0.493 e. The maximum Gasteiger partial charge on any atom is 0.339 e. The van der Waals surface area contributed by atoms with Crippen molar-refractivity contribution < 1.29 is 28.6 Å². The first-order chi connectivity index (χ1) is 12.7. The van der Waals surface area contributed by atoms with Gasteiger partial charge < -0.3 is 19.9 Å². The van der Waals surface area contributed by atoms with Crippen LogP contribution in [0.25, 0.3) is 0 Å². The third kappa shape index (κ3) is 6.63. The lowest BCUT2D eigenvalue weighted by atomic mass is 10.1. The van der Waals surface area contributed by atoms with Crippen molar-refractivity contribution in [2.75, 3.05) is 13.7 Å². The number of benzene rings is 1. The van der Waals surface area contributed by atoms with Crippen molar-refractivity contribution >= 4 is 29.5 Å². The van der Waals surface area contributed by atoms with Crippen LogP contribution in [0.5, 0.6) is 11.5 Å². The molecule has 0 bridgehead atoms. The van der Waals surface area contributed by atoms with Crippen LogP contribution in [0, 0.1) is 5.92 Å². The number of carbonyl (C=O) groups excluding carboxylic acids is 3. The van der Waals surface area contributed by atoms with Gasteiger partial charge in [-0.2, -0.15) is 0 Å². The highest BCUT2D eigenvalue weighted by Crippen LogP contribution is 2.37. The standard InChI is InChI=1S/C18H25ClN2O6/c1-5-6-7-26-15-12(19)8-11(9-13(15)25-4)17(23)27-14(10(2)3)16(22)21-18(20)24/h8-10,14H,5-7H2,1-4H3,(H3,20,21,22,24)/t14-/m0/s1. The molecule has 0 aliphatic rings. The molecule has 0 unspecified atom stereocenters. The number of hydrogen-bond acceptors (Lipinski definition) is 6. The molecule has 8 nitrogen and oxygen atoms in total. The lowest BCUT2D eigenvalue weighted by Gasteiger charge is -2.20. The smallest absolute Gasteiger partial charge is 0.339 e. The number of rotatable bonds is 9. The highest BCUT2D eigenvalue weighted by atomic mass is 35.5. The molecule has 0 spiro atoms. The Kier molecular flexibility index (Phi) is 8.87. The Hall–Kier alpha value is -2.48. The van der Waals surface area contributed by atoms with Gasteiger partial charge in [0.1, 0.15) is 0 Å². The van der Waals surface area contributed by atoms with E-state index in [4.69, 9.17) is 31.5 Å². The molecule has 1 rings (SSSR count). The Balaban J connectivity index is 3.03. The Morgan fingerprint density at radius 3 is 2.44 bits per heavy atom. The van der Waals surface area contributed by atoms with Crippen molar-refractivity contribution in [1.82, 2.24) is 5.32 Å². The molecule has 0 aliphatic heterocycles. The summed E-state index contributed by atoms with van der Waals surface area (Å²) in [7, 11) is 1.42. The van der Waals surface area contributed by atoms with Gasteiger partial charge in [-0.05, 0) is 24.5 Å². The molecule has 0 aromatic heterocycles. The number of nitrogens with one attached hydrogen (secondary N) is 1. The summed E-state index contributed by atoms with van der Waals surface area (Å²) in [4.78, 5) is 35.3. The van der Waals surface area contributed by atoms with Gasteiger partial charge in [-0.25, -0.2) is 9.59 Å². The highest BCUT2D eigenvalue weighted by molar-refractivity contribution is 6.32. The van der Waals surface area contributed by atoms with Crippen molar-refractivity contribution in [3.63, 3.8) is 0 Å². The number of imide groups is 1. The van der Waals surface area contributed by atoms with Crippen LogP contribution in [0.4, 0.5) is 4.79 Å². The Bertz CT molecular complexity index is 693. The first-order valence-corrected chi connectivity index (χ1v) is 8.90. The van der Waals surface area contributed by atoms with Gasteiger partial charge in [0.15, 0.2) is 17.6 Å². The van der Waals surface area contributed by atoms with E-state index < -0.39 is 24.0 Å². The van der Waals surface area contributed by atoms with Gasteiger partial charge in [-0.15, -0.1) is 0 Å². The number of hydrogen-bond donors (Lipinski definition) is 2. The van der Waals surface area contributed by atoms with Crippen molar-refractivity contribution in [3.05, 3.63) is 22.7 Å². The summed E-state index contributed by atoms with van der Waals surface area (Å²) >= 11 is 6.21. The molecule has 0 saturated heterocycles. The van der Waals surface area contributed by atoms with E-state index in [0.29, 0.717) is 12.4 Å². The van der Waals surface area contributed by atoms with Crippen LogP contribution >= 0.6 is 11.6 Å². The largest absolute Gasteiger partial charge is 0.493 e. The third-order valence-corrected chi connectivity index (χ3v) is 3.83. The van der Waals surface area contributed by atoms with Crippen LogP contribution in [0.3, 0.4) is 0 Å². The summed E-state index contributed by atoms with van der Waals surface area (Å²) in [6.07, 6.45) is 0.595. The zero-order valence-corrected chi connectivity index (χ0v) is 16.6. The number of amides is 3. The first kappa shape index (κ1) is 22.6. The molecule has 3 amide bonds. The van der Waals surface area contributed by atoms with Crippen molar-refractivity contribution in [3.8, 4) is 11.5 Å². The van der Waals surface area contributed by atoms with E-state index in [1.165, 1.54) is 19.2 Å². The van der Waals surface area contributed by atoms with Crippen molar-refractivity contribution in [2.24, 2.45) is 11.7 Å². The van der Waals surface area contributed by atoms with Crippen LogP contribution in [-0.4, -0.2) is 37.7 Å². The molecule has 1 aromatic rings. The fraction of sp³-hybridized carbons (Fsp3) is 0.500. The maximum absolute atomic E-state index is 12.5. The Morgan fingerprint density at radius 2 is 1.93 bits per heavy atom. The predicted octanol–water partition coefficient (Wildman–Crippen LogP) is 2.90. The second-order valence-corrected chi connectivity index (χ2v) is 6.52. The minimum atomic E-state index is -1.20. The Morgan fingerprint density at radius 1 is 1.26 bits per heavy atom. The molecule has 1 aromatic carbocycles. The molecule has 27 heavy (non-hydrogen) atoms. The van der Waals surface area contributed by atoms with Crippen LogP contribution < -0.4 is 20.5 Å². The highest BCUT2D eigenvalue weighted by Gasteiger charge is 2.28. The molecule has 9 heteroatoms. The number of unbranched alkanes of at least 4 members (excludes halogenated alkanes) is 1. The summed E-state index contributed by atoms with van der Waals surface area (Å²) < 4.78 is 16.1. The molecule has 0 radical (unpaired) electrons. The van der Waals surface area contributed by atoms with Gasteiger partial charge in [-0.3, -0.25) is 10.1 Å². The average Bonchev–Trinajstić information content (AvgIpc) is 2.59. The fourth-order valence-corrected chi connectivity index (χ4v) is 2.43. The second-order valence-electron chi connectivity index (χ2n) is 6.11. The lowest BCUT2D eigenvalue weighted by molar-refractivity contribution is -0.130. The minimum absolute atomic E-state index is 0.0808. The zero-order chi connectivity index (χ0) is 20.6. The molecule has 0 saturated carbocycles. The number of nitrogens with two attached hydrogens (primary N) is 1. The van der Waals surface area contributed by atoms with E-state index in [9.17, 15) is 14.4 Å². The third-order valence-electron chi connectivity index (χ3n) is 3.55. The molecular weight excluding hydrogens is 376 g/mol. The lowest BCUT2D eigenvalue weighted by Crippen LogP contribution is -2.45. The number of halogens is 1. The number of methoxy groups -OCH3 is 1. The number of primary amides is 1. The maximum atomic E-state index is 12.5. The van der Waals surface area contributed by atoms with Gasteiger partial charge in [0.25, 0.3) is 5.91 Å². The number of ether oxygens (including phenoxy) is 3. The predicted molar refractivity (Wildman–Crippen MR) is 100 cm³/mol. The van der Waals surface area contributed by atoms with Crippen LogP contribution in [0.15, 0.2) is 12.1 Å². The average molecular weight is 401 g/mol. The van der Waals surface area contributed by atoms with Crippen molar-refractivity contribution in [1.29, 1.82) is 0 Å². The van der Waals surface area contributed by atoms with Gasteiger partial charge in [0.2, 0.25) is 0 Å². The topological polar surface area (TPSA) is 117 Å². The number of urea groups is 1. The van der Waals surface area contributed by atoms with Crippen LogP contribution in [0.2, 0.25) is 5.02 Å². The molecule has 0 fully saturated rings. The molecule has 0 heterocycles. The van der Waals surface area contributed by atoms with E-state index in [2.05, 4.69) is 0 Å². The van der Waals surface area contributed by atoms with Gasteiger partial charge in [-0.1, -0.05) is 38.8 Å². The fourth-order valence-electron chi connectivity index (χ4n) is 2.16.